The lowest BCUT2D eigenvalue weighted by atomic mass is 9.90. The topological polar surface area (TPSA) is 121 Å². The molecule has 15 heteroatoms. The van der Waals surface area contributed by atoms with Crippen molar-refractivity contribution in [2.75, 3.05) is 31.6 Å². The van der Waals surface area contributed by atoms with Crippen LogP contribution in [0.1, 0.15) is 49.9 Å². The van der Waals surface area contributed by atoms with E-state index in [1.54, 1.807) is 17.1 Å². The fourth-order valence-corrected chi connectivity index (χ4v) is 5.86. The van der Waals surface area contributed by atoms with Crippen LogP contribution in [0, 0.1) is 6.92 Å². The Balaban J connectivity index is 1.13. The second kappa shape index (κ2) is 12.9. The van der Waals surface area contributed by atoms with Crippen molar-refractivity contribution in [2.45, 2.75) is 70.4 Å². The molecule has 234 valence electrons. The van der Waals surface area contributed by atoms with Gasteiger partial charge in [-0.1, -0.05) is 12.1 Å². The zero-order valence-electron chi connectivity index (χ0n) is 24.6. The highest BCUT2D eigenvalue weighted by molar-refractivity contribution is 5.66. The van der Waals surface area contributed by atoms with Gasteiger partial charge in [0, 0.05) is 43.3 Å². The fourth-order valence-electron chi connectivity index (χ4n) is 5.86. The second-order valence-electron chi connectivity index (χ2n) is 11.3. The zero-order valence-corrected chi connectivity index (χ0v) is 24.6. The predicted octanol–water partition coefficient (Wildman–Crippen LogP) is 4.68. The van der Waals surface area contributed by atoms with Crippen LogP contribution < -0.4 is 10.1 Å². The second-order valence-corrected chi connectivity index (χ2v) is 11.3. The molecule has 2 aliphatic rings. The van der Waals surface area contributed by atoms with Crippen LogP contribution in [-0.4, -0.2) is 83.3 Å². The summed E-state index contributed by atoms with van der Waals surface area (Å²) in [7, 11) is 0. The van der Waals surface area contributed by atoms with Gasteiger partial charge in [-0.15, -0.1) is 5.10 Å². The third-order valence-corrected chi connectivity index (χ3v) is 8.19. The van der Waals surface area contributed by atoms with Crippen molar-refractivity contribution < 1.29 is 22.6 Å². The number of hydrogen-bond acceptors (Lipinski definition) is 10. The molecule has 0 unspecified atom stereocenters. The van der Waals surface area contributed by atoms with Crippen LogP contribution >= 0.6 is 0 Å². The molecule has 1 aliphatic carbocycles. The number of tetrazole rings is 1. The first kappa shape index (κ1) is 29.9. The van der Waals surface area contributed by atoms with E-state index < -0.39 is 11.9 Å². The first-order valence-corrected chi connectivity index (χ1v) is 14.8. The number of ether oxygens (including phenoxy) is 2. The largest absolute Gasteiger partial charge is 0.488 e. The minimum Gasteiger partial charge on any atom is -0.488 e. The summed E-state index contributed by atoms with van der Waals surface area (Å²) in [6.07, 6.45) is 4.65. The third kappa shape index (κ3) is 6.99. The van der Waals surface area contributed by atoms with E-state index in [0.29, 0.717) is 23.9 Å². The number of hydrogen-bond donors (Lipinski definition) is 1. The Morgan fingerprint density at radius 2 is 1.77 bits per heavy atom. The number of nitrogens with zero attached hydrogens (tertiary/aromatic N) is 9. The van der Waals surface area contributed by atoms with Gasteiger partial charge in [0.25, 0.3) is 0 Å². The Labute approximate surface area is 252 Å². The van der Waals surface area contributed by atoms with E-state index >= 15 is 0 Å². The highest BCUT2D eigenvalue weighted by Crippen LogP contribution is 2.38. The highest BCUT2D eigenvalue weighted by Gasteiger charge is 2.39. The third-order valence-electron chi connectivity index (χ3n) is 8.19. The van der Waals surface area contributed by atoms with Gasteiger partial charge in [0.1, 0.15) is 18.2 Å². The first-order chi connectivity index (χ1) is 21.2. The summed E-state index contributed by atoms with van der Waals surface area (Å²) in [5, 5.41) is 17.9. The first-order valence-electron chi connectivity index (χ1n) is 14.8. The number of nitrogens with one attached hydrogen (secondary N) is 1. The molecule has 1 N–H and O–H groups in total. The summed E-state index contributed by atoms with van der Waals surface area (Å²) >= 11 is 0. The Bertz CT molecular complexity index is 1510. The molecule has 0 amide bonds. The molecule has 1 aromatic carbocycles. The normalized spacial score (nSPS) is 20.4. The maximum Gasteiger partial charge on any atom is 0.437 e. The van der Waals surface area contributed by atoms with Crippen molar-refractivity contribution >= 4 is 11.6 Å². The van der Waals surface area contributed by atoms with Gasteiger partial charge >= 0.3 is 6.18 Å². The lowest BCUT2D eigenvalue weighted by Gasteiger charge is -2.38. The Kier molecular flexibility index (Phi) is 8.75. The van der Waals surface area contributed by atoms with Crippen LogP contribution in [0.5, 0.6) is 5.75 Å². The standard InChI is InChI=1S/C29H35F3N10O2/c1-19-3-4-21(13-26(19)44-20(2)16-41-18-35-38-39-41)22-14-33-28(34-15-22)36-25-17-42(37-27(25)29(30,31)32)24-7-5-23(6-8-24)40-9-11-43-12-10-40/h3-4,13-15,17-18,20,23-24H,5-12,16H2,1-2H3,(H,33,34,36)/t20-,23?,24?/m0/s1. The minimum absolute atomic E-state index is 0.0495. The molecule has 1 atom stereocenters. The smallest absolute Gasteiger partial charge is 0.437 e. The number of aromatic nitrogens is 8. The number of anilines is 2. The van der Waals surface area contributed by atoms with Crippen LogP contribution in [0.25, 0.3) is 11.1 Å². The van der Waals surface area contributed by atoms with Crippen molar-refractivity contribution in [3.05, 3.63) is 54.4 Å². The Morgan fingerprint density at radius 1 is 1.05 bits per heavy atom. The van der Waals surface area contributed by atoms with E-state index in [0.717, 1.165) is 63.1 Å². The molecular weight excluding hydrogens is 577 g/mol. The molecule has 12 nitrogen and oxygen atoms in total. The lowest BCUT2D eigenvalue weighted by molar-refractivity contribution is -0.141. The molecule has 0 spiro atoms. The molecule has 1 saturated heterocycles. The van der Waals surface area contributed by atoms with Gasteiger partial charge in [-0.3, -0.25) is 9.58 Å². The number of benzene rings is 1. The van der Waals surface area contributed by atoms with Crippen LogP contribution in [0.4, 0.5) is 24.8 Å². The van der Waals surface area contributed by atoms with E-state index in [4.69, 9.17) is 9.47 Å². The molecule has 0 bridgehead atoms. The molecule has 6 rings (SSSR count). The SMILES string of the molecule is Cc1ccc(-c2cnc(Nc3cn(C4CCC(N5CCOCC5)CC4)nc3C(F)(F)F)nc2)cc1O[C@@H](C)Cn1cnnn1. The number of aryl methyl sites for hydroxylation is 1. The van der Waals surface area contributed by atoms with Crippen LogP contribution in [0.2, 0.25) is 0 Å². The Morgan fingerprint density at radius 3 is 2.45 bits per heavy atom. The van der Waals surface area contributed by atoms with Gasteiger partial charge < -0.3 is 14.8 Å². The molecule has 4 aromatic rings. The average molecular weight is 613 g/mol. The van der Waals surface area contributed by atoms with E-state index in [-0.39, 0.29) is 23.8 Å². The highest BCUT2D eigenvalue weighted by atomic mass is 19.4. The summed E-state index contributed by atoms with van der Waals surface area (Å²) in [6, 6.07) is 6.07. The van der Waals surface area contributed by atoms with Gasteiger partial charge in [-0.25, -0.2) is 14.6 Å². The van der Waals surface area contributed by atoms with Gasteiger partial charge in [-0.2, -0.15) is 18.3 Å². The quantitative estimate of drug-likeness (QED) is 0.285. The van der Waals surface area contributed by atoms with Crippen LogP contribution in [0.15, 0.2) is 43.1 Å². The summed E-state index contributed by atoms with van der Waals surface area (Å²) in [6.45, 7) is 7.62. The van der Waals surface area contributed by atoms with E-state index in [1.165, 1.54) is 17.2 Å². The zero-order chi connectivity index (χ0) is 30.7. The average Bonchev–Trinajstić information content (AvgIpc) is 3.70. The molecule has 1 saturated carbocycles. The van der Waals surface area contributed by atoms with Gasteiger partial charge in [0.05, 0.1) is 31.5 Å². The number of rotatable bonds is 9. The number of morpholine rings is 1. The number of alkyl halides is 3. The maximum absolute atomic E-state index is 14.0. The van der Waals surface area contributed by atoms with E-state index in [2.05, 4.69) is 40.8 Å². The minimum atomic E-state index is -4.63. The molecule has 3 aromatic heterocycles. The van der Waals surface area contributed by atoms with Crippen molar-refractivity contribution in [3.8, 4) is 16.9 Å². The predicted molar refractivity (Wildman–Crippen MR) is 154 cm³/mol. The van der Waals surface area contributed by atoms with Crippen molar-refractivity contribution in [3.63, 3.8) is 0 Å². The molecule has 2 fully saturated rings. The van der Waals surface area contributed by atoms with Crippen LogP contribution in [0.3, 0.4) is 0 Å². The van der Waals surface area contributed by atoms with E-state index in [1.807, 2.05) is 32.0 Å². The van der Waals surface area contributed by atoms with Gasteiger partial charge in [0.2, 0.25) is 5.95 Å². The summed E-state index contributed by atoms with van der Waals surface area (Å²) in [5.74, 6) is 0.736. The molecule has 0 radical (unpaired) electrons. The molecule has 4 heterocycles. The summed E-state index contributed by atoms with van der Waals surface area (Å²) in [5.41, 5.74) is 1.31. The van der Waals surface area contributed by atoms with Crippen molar-refractivity contribution in [2.24, 2.45) is 0 Å². The van der Waals surface area contributed by atoms with Gasteiger partial charge in [0.15, 0.2) is 5.69 Å². The van der Waals surface area contributed by atoms with Crippen molar-refractivity contribution in [1.82, 2.24) is 44.9 Å². The Hall–Kier alpha value is -4.11. The monoisotopic (exact) mass is 612 g/mol. The molecular formula is C29H35F3N10O2. The fraction of sp³-hybridized carbons (Fsp3) is 0.517. The molecule has 1 aliphatic heterocycles. The summed E-state index contributed by atoms with van der Waals surface area (Å²) in [4.78, 5) is 11.1. The van der Waals surface area contributed by atoms with Crippen LogP contribution in [-0.2, 0) is 17.5 Å². The number of halogens is 3. The van der Waals surface area contributed by atoms with E-state index in [9.17, 15) is 13.2 Å². The van der Waals surface area contributed by atoms with Gasteiger partial charge in [-0.05, 0) is 67.2 Å². The maximum atomic E-state index is 14.0. The lowest BCUT2D eigenvalue weighted by Crippen LogP contribution is -2.45. The molecule has 44 heavy (non-hydrogen) atoms. The van der Waals surface area contributed by atoms with Crippen molar-refractivity contribution in [1.29, 1.82) is 0 Å². The summed E-state index contributed by atoms with van der Waals surface area (Å²) < 4.78 is 56.6.